The average Bonchev–Trinajstić information content (AvgIpc) is 3.01. The van der Waals surface area contributed by atoms with E-state index in [1.807, 2.05) is 37.3 Å². The highest BCUT2D eigenvalue weighted by Gasteiger charge is 2.16. The Morgan fingerprint density at radius 3 is 2.52 bits per heavy atom. The summed E-state index contributed by atoms with van der Waals surface area (Å²) >= 11 is 0. The van der Waals surface area contributed by atoms with Gasteiger partial charge in [0, 0.05) is 17.7 Å². The van der Waals surface area contributed by atoms with Gasteiger partial charge in [0.15, 0.2) is 0 Å². The van der Waals surface area contributed by atoms with Crippen LogP contribution in [-0.4, -0.2) is 33.1 Å². The van der Waals surface area contributed by atoms with Crippen molar-refractivity contribution in [1.29, 1.82) is 0 Å². The van der Waals surface area contributed by atoms with Gasteiger partial charge in [0.05, 0.1) is 34.2 Å². The summed E-state index contributed by atoms with van der Waals surface area (Å²) in [7, 11) is 0. The largest absolute Gasteiger partial charge is 0.343 e. The third kappa shape index (κ3) is 4.46. The number of nitrogens with one attached hydrogen (secondary N) is 2. The first kappa shape index (κ1) is 19.7. The molecule has 148 valence electrons. The number of anilines is 1. The second kappa shape index (κ2) is 8.34. The third-order valence-electron chi connectivity index (χ3n) is 4.29. The lowest BCUT2D eigenvalue weighted by Gasteiger charge is -2.08. The Morgan fingerprint density at radius 1 is 1.10 bits per heavy atom. The van der Waals surface area contributed by atoms with Crippen molar-refractivity contribution in [2.45, 2.75) is 13.8 Å². The van der Waals surface area contributed by atoms with Gasteiger partial charge < -0.3 is 10.6 Å². The van der Waals surface area contributed by atoms with Crippen LogP contribution in [0.2, 0.25) is 0 Å². The number of aryl methyl sites for hydroxylation is 1. The predicted molar refractivity (Wildman–Crippen MR) is 107 cm³/mol. The lowest BCUT2D eigenvalue weighted by Crippen LogP contribution is -2.33. The fourth-order valence-electron chi connectivity index (χ4n) is 2.85. The molecule has 0 unspecified atom stereocenters. The number of aromatic nitrogens is 2. The highest BCUT2D eigenvalue weighted by molar-refractivity contribution is 6.00. The Morgan fingerprint density at radius 2 is 1.83 bits per heavy atom. The number of carbonyl (C=O) groups excluding carboxylic acids is 2. The lowest BCUT2D eigenvalue weighted by atomic mass is 10.2. The molecule has 29 heavy (non-hydrogen) atoms. The molecule has 0 bridgehead atoms. The van der Waals surface area contributed by atoms with E-state index < -0.39 is 16.7 Å². The van der Waals surface area contributed by atoms with Crippen LogP contribution in [0.1, 0.15) is 21.7 Å². The number of nitrogens with zero attached hydrogens (tertiary/aromatic N) is 3. The zero-order valence-electron chi connectivity index (χ0n) is 15.9. The Kier molecular flexibility index (Phi) is 5.68. The minimum absolute atomic E-state index is 0.108. The topological polar surface area (TPSA) is 119 Å². The minimum Gasteiger partial charge on any atom is -0.343 e. The predicted octanol–water partition coefficient (Wildman–Crippen LogP) is 2.77. The van der Waals surface area contributed by atoms with Crippen LogP contribution in [0, 0.1) is 24.0 Å². The van der Waals surface area contributed by atoms with Gasteiger partial charge in [0.1, 0.15) is 0 Å². The van der Waals surface area contributed by atoms with Crippen molar-refractivity contribution in [1.82, 2.24) is 15.1 Å². The molecule has 0 spiro atoms. The number of hydrogen-bond donors (Lipinski definition) is 2. The first-order valence-electron chi connectivity index (χ1n) is 8.81. The molecule has 0 fully saturated rings. The van der Waals surface area contributed by atoms with Gasteiger partial charge in [-0.3, -0.25) is 19.7 Å². The maximum Gasteiger partial charge on any atom is 0.270 e. The van der Waals surface area contributed by atoms with Gasteiger partial charge in [0.2, 0.25) is 5.91 Å². The third-order valence-corrected chi connectivity index (χ3v) is 4.29. The van der Waals surface area contributed by atoms with Crippen LogP contribution in [0.15, 0.2) is 54.6 Å². The number of rotatable bonds is 6. The van der Waals surface area contributed by atoms with E-state index in [-0.39, 0.29) is 17.8 Å². The molecular formula is C20H19N5O4. The van der Waals surface area contributed by atoms with Gasteiger partial charge in [-0.25, -0.2) is 4.68 Å². The molecule has 3 aromatic rings. The molecule has 0 saturated carbocycles. The molecule has 0 aliphatic rings. The Hall–Kier alpha value is -4.01. The molecule has 0 aliphatic carbocycles. The highest BCUT2D eigenvalue weighted by atomic mass is 16.6. The summed E-state index contributed by atoms with van der Waals surface area (Å²) in [6.45, 7) is 3.34. The van der Waals surface area contributed by atoms with Gasteiger partial charge >= 0.3 is 0 Å². The van der Waals surface area contributed by atoms with Gasteiger partial charge in [-0.2, -0.15) is 5.10 Å². The quantitative estimate of drug-likeness (QED) is 0.493. The zero-order valence-corrected chi connectivity index (χ0v) is 15.9. The number of benzene rings is 2. The molecule has 2 aromatic carbocycles. The van der Waals surface area contributed by atoms with E-state index in [1.54, 1.807) is 11.6 Å². The smallest absolute Gasteiger partial charge is 0.270 e. The van der Waals surface area contributed by atoms with Crippen LogP contribution in [0.3, 0.4) is 0 Å². The number of nitro benzene ring substituents is 1. The summed E-state index contributed by atoms with van der Waals surface area (Å²) in [5.41, 5.74) is 2.76. The number of para-hydroxylation sites is 1. The molecular weight excluding hydrogens is 374 g/mol. The van der Waals surface area contributed by atoms with Gasteiger partial charge in [-0.1, -0.05) is 24.3 Å². The maximum atomic E-state index is 12.3. The van der Waals surface area contributed by atoms with E-state index in [0.717, 1.165) is 17.4 Å². The molecule has 0 radical (unpaired) electrons. The Labute approximate surface area is 166 Å². The van der Waals surface area contributed by atoms with Crippen LogP contribution in [0.5, 0.6) is 0 Å². The number of hydrogen-bond acceptors (Lipinski definition) is 5. The fourth-order valence-corrected chi connectivity index (χ4v) is 2.85. The second-order valence-corrected chi connectivity index (χ2v) is 6.33. The number of nitro groups is 1. The molecule has 3 rings (SSSR count). The Balaban J connectivity index is 1.66. The van der Waals surface area contributed by atoms with Gasteiger partial charge in [0.25, 0.3) is 11.6 Å². The standard InChI is InChI=1S/C20H19N5O4/c1-13-19(14(2)24(23-13)16-8-4-3-5-9-16)22-18(26)12-21-20(27)15-7-6-10-17(11-15)25(28)29/h3-11H,12H2,1-2H3,(H,21,27)(H,22,26). The van der Waals surface area contributed by atoms with Crippen molar-refractivity contribution >= 4 is 23.2 Å². The summed E-state index contributed by atoms with van der Waals surface area (Å²) in [5, 5.41) is 20.5. The summed E-state index contributed by atoms with van der Waals surface area (Å²) in [4.78, 5) is 34.7. The molecule has 0 saturated heterocycles. The van der Waals surface area contributed by atoms with Crippen LogP contribution in [-0.2, 0) is 4.79 Å². The molecule has 0 atom stereocenters. The maximum absolute atomic E-state index is 12.3. The monoisotopic (exact) mass is 393 g/mol. The van der Waals surface area contributed by atoms with Crippen LogP contribution in [0.4, 0.5) is 11.4 Å². The van der Waals surface area contributed by atoms with Crippen molar-refractivity contribution < 1.29 is 14.5 Å². The number of carbonyl (C=O) groups is 2. The van der Waals surface area contributed by atoms with Crippen molar-refractivity contribution in [2.75, 3.05) is 11.9 Å². The normalized spacial score (nSPS) is 10.4. The summed E-state index contributed by atoms with van der Waals surface area (Å²) in [6, 6.07) is 14.8. The van der Waals surface area contributed by atoms with E-state index in [9.17, 15) is 19.7 Å². The van der Waals surface area contributed by atoms with Crippen molar-refractivity contribution in [2.24, 2.45) is 0 Å². The van der Waals surface area contributed by atoms with E-state index >= 15 is 0 Å². The first-order valence-corrected chi connectivity index (χ1v) is 8.81. The van der Waals surface area contributed by atoms with E-state index in [2.05, 4.69) is 15.7 Å². The SMILES string of the molecule is Cc1nn(-c2ccccc2)c(C)c1NC(=O)CNC(=O)c1cccc([N+](=O)[O-])c1. The van der Waals surface area contributed by atoms with Gasteiger partial charge in [-0.15, -0.1) is 0 Å². The van der Waals surface area contributed by atoms with E-state index in [4.69, 9.17) is 0 Å². The lowest BCUT2D eigenvalue weighted by molar-refractivity contribution is -0.384. The molecule has 9 nitrogen and oxygen atoms in total. The van der Waals surface area contributed by atoms with Crippen molar-refractivity contribution in [3.8, 4) is 5.69 Å². The molecule has 0 aliphatic heterocycles. The molecule has 9 heteroatoms. The van der Waals surface area contributed by atoms with Gasteiger partial charge in [-0.05, 0) is 32.0 Å². The number of amides is 2. The second-order valence-electron chi connectivity index (χ2n) is 6.33. The zero-order chi connectivity index (χ0) is 21.0. The number of non-ortho nitro benzene ring substituents is 1. The summed E-state index contributed by atoms with van der Waals surface area (Å²) in [5.74, 6) is -1.00. The van der Waals surface area contributed by atoms with Crippen molar-refractivity contribution in [3.63, 3.8) is 0 Å². The van der Waals surface area contributed by atoms with Crippen LogP contribution >= 0.6 is 0 Å². The van der Waals surface area contributed by atoms with E-state index in [1.165, 1.54) is 18.2 Å². The molecule has 1 heterocycles. The Bertz CT molecular complexity index is 1080. The van der Waals surface area contributed by atoms with Crippen LogP contribution in [0.25, 0.3) is 5.69 Å². The van der Waals surface area contributed by atoms with E-state index in [0.29, 0.717) is 11.4 Å². The fraction of sp³-hybridized carbons (Fsp3) is 0.150. The molecule has 1 aromatic heterocycles. The molecule has 2 N–H and O–H groups in total. The van der Waals surface area contributed by atoms with Crippen LogP contribution < -0.4 is 10.6 Å². The highest BCUT2D eigenvalue weighted by Crippen LogP contribution is 2.22. The summed E-state index contributed by atoms with van der Waals surface area (Å²) < 4.78 is 1.73. The molecule has 2 amide bonds. The van der Waals surface area contributed by atoms with Crippen molar-refractivity contribution in [3.05, 3.63) is 81.7 Å². The summed E-state index contributed by atoms with van der Waals surface area (Å²) in [6.07, 6.45) is 0. The first-order chi connectivity index (χ1) is 13.9. The average molecular weight is 393 g/mol. The minimum atomic E-state index is -0.584.